The zero-order valence-electron chi connectivity index (χ0n) is 9.47. The van der Waals surface area contributed by atoms with E-state index < -0.39 is 23.9 Å². The summed E-state index contributed by atoms with van der Waals surface area (Å²) in [6, 6.07) is 0. The lowest BCUT2D eigenvalue weighted by atomic mass is 10.00. The first-order valence-electron chi connectivity index (χ1n) is 5.01. The molecule has 2 amide bonds. The third-order valence-corrected chi connectivity index (χ3v) is 2.89. The van der Waals surface area contributed by atoms with Gasteiger partial charge in [0.05, 0.1) is 13.7 Å². The number of aliphatic hydroxyl groups is 1. The number of hydrogen-bond donors (Lipinski definition) is 1. The van der Waals surface area contributed by atoms with Gasteiger partial charge in [0.1, 0.15) is 0 Å². The molecule has 1 aliphatic heterocycles. The van der Waals surface area contributed by atoms with Crippen LogP contribution in [0.4, 0.5) is 0 Å². The van der Waals surface area contributed by atoms with Gasteiger partial charge in [0.2, 0.25) is 11.8 Å². The minimum atomic E-state index is -1.48. The van der Waals surface area contributed by atoms with E-state index in [4.69, 9.17) is 0 Å². The van der Waals surface area contributed by atoms with Crippen molar-refractivity contribution in [1.82, 2.24) is 4.90 Å². The number of β-amino-alcohol motifs (C(OH)–C–C–N with tert-alkyl or cyclic N) is 1. The van der Waals surface area contributed by atoms with Crippen molar-refractivity contribution in [2.75, 3.05) is 13.7 Å². The van der Waals surface area contributed by atoms with Crippen LogP contribution >= 0.6 is 0 Å². The molecule has 0 radical (unpaired) electrons. The van der Waals surface area contributed by atoms with E-state index in [1.807, 2.05) is 0 Å². The maximum atomic E-state index is 11.6. The Labute approximate surface area is 93.2 Å². The Morgan fingerprint density at radius 1 is 1.38 bits per heavy atom. The van der Waals surface area contributed by atoms with E-state index in [-0.39, 0.29) is 18.4 Å². The standard InChI is InChI=1S/C10H15NO5/c1-5-6(2)9(14)11(8(5)13)4-7(12)10(15)16-3/h5-7,12H,4H2,1-3H3. The van der Waals surface area contributed by atoms with Crippen LogP contribution in [0.5, 0.6) is 0 Å². The smallest absolute Gasteiger partial charge is 0.336 e. The number of hydrogen-bond acceptors (Lipinski definition) is 5. The van der Waals surface area contributed by atoms with E-state index in [1.165, 1.54) is 0 Å². The van der Waals surface area contributed by atoms with Gasteiger partial charge in [-0.2, -0.15) is 0 Å². The van der Waals surface area contributed by atoms with Gasteiger partial charge < -0.3 is 9.84 Å². The number of nitrogens with zero attached hydrogens (tertiary/aromatic N) is 1. The van der Waals surface area contributed by atoms with Gasteiger partial charge in [-0.05, 0) is 0 Å². The molecule has 1 aliphatic rings. The Morgan fingerprint density at radius 2 is 1.81 bits per heavy atom. The maximum absolute atomic E-state index is 11.6. The zero-order valence-corrected chi connectivity index (χ0v) is 9.47. The monoisotopic (exact) mass is 229 g/mol. The molecule has 3 unspecified atom stereocenters. The molecular weight excluding hydrogens is 214 g/mol. The largest absolute Gasteiger partial charge is 0.467 e. The summed E-state index contributed by atoms with van der Waals surface area (Å²) in [6.07, 6.45) is -1.48. The Balaban J connectivity index is 2.72. The minimum absolute atomic E-state index is 0.334. The fourth-order valence-corrected chi connectivity index (χ4v) is 1.59. The van der Waals surface area contributed by atoms with Crippen LogP contribution in [0.1, 0.15) is 13.8 Å². The van der Waals surface area contributed by atoms with Crippen LogP contribution in [0.25, 0.3) is 0 Å². The number of carbonyl (C=O) groups is 3. The van der Waals surface area contributed by atoms with Crippen molar-refractivity contribution in [3.63, 3.8) is 0 Å². The minimum Gasteiger partial charge on any atom is -0.467 e. The van der Waals surface area contributed by atoms with Crippen molar-refractivity contribution in [1.29, 1.82) is 0 Å². The van der Waals surface area contributed by atoms with Crippen molar-refractivity contribution in [3.05, 3.63) is 0 Å². The highest BCUT2D eigenvalue weighted by Gasteiger charge is 2.43. The molecule has 1 N–H and O–H groups in total. The van der Waals surface area contributed by atoms with E-state index in [1.54, 1.807) is 13.8 Å². The van der Waals surface area contributed by atoms with Crippen molar-refractivity contribution < 1.29 is 24.2 Å². The lowest BCUT2D eigenvalue weighted by Crippen LogP contribution is -2.41. The molecule has 0 aromatic carbocycles. The lowest BCUT2D eigenvalue weighted by Gasteiger charge is -2.17. The number of amides is 2. The van der Waals surface area contributed by atoms with Crippen LogP contribution in [0.3, 0.4) is 0 Å². The van der Waals surface area contributed by atoms with Crippen molar-refractivity contribution in [3.8, 4) is 0 Å². The lowest BCUT2D eigenvalue weighted by molar-refractivity contribution is -0.153. The molecule has 3 atom stereocenters. The number of esters is 1. The van der Waals surface area contributed by atoms with Crippen molar-refractivity contribution in [2.45, 2.75) is 20.0 Å². The van der Waals surface area contributed by atoms with Crippen LogP contribution in [0, 0.1) is 11.8 Å². The number of methoxy groups -OCH3 is 1. The fourth-order valence-electron chi connectivity index (χ4n) is 1.59. The van der Waals surface area contributed by atoms with Gasteiger partial charge >= 0.3 is 5.97 Å². The Hall–Kier alpha value is -1.43. The van der Waals surface area contributed by atoms with Crippen LogP contribution < -0.4 is 0 Å². The highest BCUT2D eigenvalue weighted by molar-refractivity contribution is 6.05. The first kappa shape index (κ1) is 12.6. The molecule has 1 rings (SSSR count). The molecule has 1 saturated heterocycles. The third kappa shape index (κ3) is 2.06. The summed E-state index contributed by atoms with van der Waals surface area (Å²) in [5.74, 6) is -2.39. The first-order valence-corrected chi connectivity index (χ1v) is 5.01. The molecule has 0 spiro atoms. The molecule has 0 aromatic heterocycles. The molecular formula is C10H15NO5. The number of carbonyl (C=O) groups excluding carboxylic acids is 3. The normalized spacial score (nSPS) is 27.1. The van der Waals surface area contributed by atoms with Crippen molar-refractivity contribution in [2.24, 2.45) is 11.8 Å². The van der Waals surface area contributed by atoms with Gasteiger partial charge in [0.15, 0.2) is 6.10 Å². The van der Waals surface area contributed by atoms with Crippen LogP contribution in [-0.2, 0) is 19.1 Å². The topological polar surface area (TPSA) is 83.9 Å². The second kappa shape index (κ2) is 4.61. The van der Waals surface area contributed by atoms with Gasteiger partial charge in [-0.25, -0.2) is 4.79 Å². The second-order valence-electron chi connectivity index (χ2n) is 3.90. The average Bonchev–Trinajstić information content (AvgIpc) is 2.45. The predicted molar refractivity (Wildman–Crippen MR) is 53.1 cm³/mol. The van der Waals surface area contributed by atoms with E-state index in [2.05, 4.69) is 4.74 Å². The Kier molecular flexibility index (Phi) is 3.64. The summed E-state index contributed by atoms with van der Waals surface area (Å²) >= 11 is 0. The average molecular weight is 229 g/mol. The Bertz CT molecular complexity index is 307. The molecule has 1 heterocycles. The summed E-state index contributed by atoms with van der Waals surface area (Å²) in [5, 5.41) is 9.37. The molecule has 0 aromatic rings. The quantitative estimate of drug-likeness (QED) is 0.504. The molecule has 6 nitrogen and oxygen atoms in total. The second-order valence-corrected chi connectivity index (χ2v) is 3.90. The zero-order chi connectivity index (χ0) is 12.5. The number of rotatable bonds is 3. The number of imide groups is 1. The van der Waals surface area contributed by atoms with E-state index in [0.717, 1.165) is 12.0 Å². The number of aliphatic hydroxyl groups excluding tert-OH is 1. The SMILES string of the molecule is COC(=O)C(O)CN1C(=O)C(C)C(C)C1=O. The summed E-state index contributed by atoms with van der Waals surface area (Å²) in [4.78, 5) is 35.1. The van der Waals surface area contributed by atoms with Gasteiger partial charge in [-0.3, -0.25) is 14.5 Å². The van der Waals surface area contributed by atoms with E-state index >= 15 is 0 Å². The summed E-state index contributed by atoms with van der Waals surface area (Å²) < 4.78 is 4.31. The molecule has 6 heteroatoms. The highest BCUT2D eigenvalue weighted by atomic mass is 16.5. The Morgan fingerprint density at radius 3 is 2.19 bits per heavy atom. The molecule has 0 bridgehead atoms. The van der Waals surface area contributed by atoms with Gasteiger partial charge in [-0.15, -0.1) is 0 Å². The molecule has 90 valence electrons. The number of likely N-dealkylation sites (tertiary alicyclic amines) is 1. The first-order chi connectivity index (χ1) is 7.40. The summed E-state index contributed by atoms with van der Waals surface area (Å²) in [7, 11) is 1.13. The van der Waals surface area contributed by atoms with E-state index in [0.29, 0.717) is 0 Å². The highest BCUT2D eigenvalue weighted by Crippen LogP contribution is 2.25. The van der Waals surface area contributed by atoms with Crippen LogP contribution in [0.15, 0.2) is 0 Å². The van der Waals surface area contributed by atoms with Crippen molar-refractivity contribution >= 4 is 17.8 Å². The molecule has 0 aliphatic carbocycles. The van der Waals surface area contributed by atoms with Gasteiger partial charge in [-0.1, -0.05) is 13.8 Å². The van der Waals surface area contributed by atoms with Gasteiger partial charge in [0, 0.05) is 11.8 Å². The fraction of sp³-hybridized carbons (Fsp3) is 0.700. The summed E-state index contributed by atoms with van der Waals surface area (Å²) in [6.45, 7) is 2.96. The van der Waals surface area contributed by atoms with E-state index in [9.17, 15) is 19.5 Å². The molecule has 1 fully saturated rings. The maximum Gasteiger partial charge on any atom is 0.336 e. The summed E-state index contributed by atoms with van der Waals surface area (Å²) in [5.41, 5.74) is 0. The van der Waals surface area contributed by atoms with Crippen LogP contribution in [0.2, 0.25) is 0 Å². The van der Waals surface area contributed by atoms with Crippen LogP contribution in [-0.4, -0.2) is 47.5 Å². The molecule has 16 heavy (non-hydrogen) atoms. The molecule has 0 saturated carbocycles. The predicted octanol–water partition coefficient (Wildman–Crippen LogP) is -0.839. The van der Waals surface area contributed by atoms with Gasteiger partial charge in [0.25, 0.3) is 0 Å². The third-order valence-electron chi connectivity index (χ3n) is 2.89. The number of ether oxygens (including phenoxy) is 1.